The van der Waals surface area contributed by atoms with Gasteiger partial charge in [-0.15, -0.1) is 0 Å². The summed E-state index contributed by atoms with van der Waals surface area (Å²) < 4.78 is 43.0. The summed E-state index contributed by atoms with van der Waals surface area (Å²) in [5, 5.41) is 11.9. The van der Waals surface area contributed by atoms with Crippen molar-refractivity contribution in [2.45, 2.75) is 13.1 Å². The first-order chi connectivity index (χ1) is 10.7. The Hall–Kier alpha value is -2.41. The molecule has 23 heavy (non-hydrogen) atoms. The van der Waals surface area contributed by atoms with Gasteiger partial charge in [-0.2, -0.15) is 13.2 Å². The summed E-state index contributed by atoms with van der Waals surface area (Å²) in [6.07, 6.45) is -4.50. The van der Waals surface area contributed by atoms with Gasteiger partial charge in [0.05, 0.1) is 16.3 Å². The Morgan fingerprint density at radius 2 is 1.91 bits per heavy atom. The number of benzene rings is 2. The van der Waals surface area contributed by atoms with E-state index >= 15 is 0 Å². The van der Waals surface area contributed by atoms with Gasteiger partial charge in [0.25, 0.3) is 0 Å². The molecule has 2 aromatic carbocycles. The molecule has 0 atom stereocenters. The summed E-state index contributed by atoms with van der Waals surface area (Å²) in [5.41, 5.74) is -0.706. The summed E-state index contributed by atoms with van der Waals surface area (Å²) in [7, 11) is 0. The number of phenols is 1. The van der Waals surface area contributed by atoms with Crippen LogP contribution in [0, 0.1) is 0 Å². The highest BCUT2D eigenvalue weighted by Gasteiger charge is 2.31. The summed E-state index contributed by atoms with van der Waals surface area (Å²) in [5.74, 6) is -0.454. The molecule has 0 spiro atoms. The number of amides is 1. The molecule has 122 valence electrons. The second kappa shape index (κ2) is 6.37. The van der Waals surface area contributed by atoms with Crippen LogP contribution in [0.2, 0.25) is 5.02 Å². The third kappa shape index (κ3) is 4.29. The zero-order chi connectivity index (χ0) is 17.2. The van der Waals surface area contributed by atoms with Crippen molar-refractivity contribution in [3.8, 4) is 17.2 Å². The first kappa shape index (κ1) is 17.0. The van der Waals surface area contributed by atoms with Gasteiger partial charge in [-0.05, 0) is 30.3 Å². The molecule has 0 fully saturated rings. The molecule has 0 radical (unpaired) electrons. The first-order valence-electron chi connectivity index (χ1n) is 6.32. The molecule has 8 heteroatoms. The molecule has 1 amide bonds. The lowest BCUT2D eigenvalue weighted by Crippen LogP contribution is -2.05. The predicted octanol–water partition coefficient (Wildman–Crippen LogP) is 4.82. The van der Waals surface area contributed by atoms with Crippen LogP contribution in [0.4, 0.5) is 18.9 Å². The maximum absolute atomic E-state index is 12.6. The molecular formula is C15H11ClF3NO3. The SMILES string of the molecule is CC(=O)Nc1ccc(Oc2ccc(C(F)(F)F)cc2Cl)cc1O. The van der Waals surface area contributed by atoms with Crippen molar-refractivity contribution in [1.29, 1.82) is 0 Å². The second-order valence-corrected chi connectivity index (χ2v) is 5.01. The van der Waals surface area contributed by atoms with Crippen LogP contribution in [-0.4, -0.2) is 11.0 Å². The molecule has 0 aliphatic carbocycles. The van der Waals surface area contributed by atoms with Crippen LogP contribution < -0.4 is 10.1 Å². The maximum atomic E-state index is 12.6. The molecular weight excluding hydrogens is 335 g/mol. The number of aromatic hydroxyl groups is 1. The minimum atomic E-state index is -4.50. The maximum Gasteiger partial charge on any atom is 0.416 e. The standard InChI is InChI=1S/C15H11ClF3NO3/c1-8(21)20-12-4-3-10(7-13(12)22)23-14-5-2-9(6-11(14)16)15(17,18)19/h2-7,22H,1H3,(H,20,21). The van der Waals surface area contributed by atoms with Crippen LogP contribution in [0.15, 0.2) is 36.4 Å². The van der Waals surface area contributed by atoms with Crippen LogP contribution in [0.1, 0.15) is 12.5 Å². The average molecular weight is 346 g/mol. The number of phenolic OH excluding ortho intramolecular Hbond substituents is 1. The molecule has 0 bridgehead atoms. The van der Waals surface area contributed by atoms with Gasteiger partial charge in [-0.1, -0.05) is 11.6 Å². The van der Waals surface area contributed by atoms with E-state index in [1.165, 1.54) is 25.1 Å². The number of halogens is 4. The summed E-state index contributed by atoms with van der Waals surface area (Å²) in [6.45, 7) is 1.28. The lowest BCUT2D eigenvalue weighted by molar-refractivity contribution is -0.137. The average Bonchev–Trinajstić information content (AvgIpc) is 2.42. The highest BCUT2D eigenvalue weighted by Crippen LogP contribution is 2.37. The number of carbonyl (C=O) groups is 1. The third-order valence-electron chi connectivity index (χ3n) is 2.77. The van der Waals surface area contributed by atoms with Gasteiger partial charge in [0.2, 0.25) is 5.91 Å². The van der Waals surface area contributed by atoms with E-state index in [0.29, 0.717) is 0 Å². The number of carbonyl (C=O) groups excluding carboxylic acids is 1. The minimum absolute atomic E-state index is 0.00587. The Morgan fingerprint density at radius 1 is 1.22 bits per heavy atom. The normalized spacial score (nSPS) is 11.2. The van der Waals surface area contributed by atoms with Crippen molar-refractivity contribution < 1.29 is 27.8 Å². The summed E-state index contributed by atoms with van der Waals surface area (Å²) in [6, 6.07) is 6.71. The predicted molar refractivity (Wildman–Crippen MR) is 78.9 cm³/mol. The zero-order valence-corrected chi connectivity index (χ0v) is 12.5. The Balaban J connectivity index is 2.23. The lowest BCUT2D eigenvalue weighted by Gasteiger charge is -2.12. The number of alkyl halides is 3. The highest BCUT2D eigenvalue weighted by molar-refractivity contribution is 6.32. The lowest BCUT2D eigenvalue weighted by atomic mass is 10.2. The van der Waals surface area contributed by atoms with Crippen molar-refractivity contribution in [3.63, 3.8) is 0 Å². The topological polar surface area (TPSA) is 58.6 Å². The van der Waals surface area contributed by atoms with Crippen molar-refractivity contribution in [2.75, 3.05) is 5.32 Å². The van der Waals surface area contributed by atoms with E-state index in [1.807, 2.05) is 0 Å². The number of nitrogens with one attached hydrogen (secondary N) is 1. The van der Waals surface area contributed by atoms with Gasteiger partial charge < -0.3 is 15.2 Å². The Labute approximate surface area is 134 Å². The number of rotatable bonds is 3. The Kier molecular flexibility index (Phi) is 4.70. The molecule has 0 saturated carbocycles. The van der Waals surface area contributed by atoms with Crippen LogP contribution in [0.25, 0.3) is 0 Å². The van der Waals surface area contributed by atoms with E-state index < -0.39 is 11.7 Å². The Morgan fingerprint density at radius 3 is 2.43 bits per heavy atom. The molecule has 0 aliphatic rings. The van der Waals surface area contributed by atoms with Crippen molar-refractivity contribution >= 4 is 23.2 Å². The molecule has 2 N–H and O–H groups in total. The highest BCUT2D eigenvalue weighted by atomic mass is 35.5. The van der Waals surface area contributed by atoms with Gasteiger partial charge >= 0.3 is 6.18 Å². The Bertz CT molecular complexity index is 747. The molecule has 4 nitrogen and oxygen atoms in total. The van der Waals surface area contributed by atoms with Crippen LogP contribution >= 0.6 is 11.6 Å². The zero-order valence-electron chi connectivity index (χ0n) is 11.7. The van der Waals surface area contributed by atoms with E-state index in [2.05, 4.69) is 5.32 Å². The quantitative estimate of drug-likeness (QED) is 0.784. The van der Waals surface area contributed by atoms with Crippen molar-refractivity contribution in [3.05, 3.63) is 47.0 Å². The van der Waals surface area contributed by atoms with Gasteiger partial charge in [0, 0.05) is 13.0 Å². The third-order valence-corrected chi connectivity index (χ3v) is 3.06. The fourth-order valence-electron chi connectivity index (χ4n) is 1.76. The van der Waals surface area contributed by atoms with E-state index in [1.54, 1.807) is 0 Å². The van der Waals surface area contributed by atoms with Crippen molar-refractivity contribution in [1.82, 2.24) is 0 Å². The summed E-state index contributed by atoms with van der Waals surface area (Å²) >= 11 is 5.78. The number of ether oxygens (including phenoxy) is 1. The molecule has 0 aromatic heterocycles. The molecule has 2 rings (SSSR count). The van der Waals surface area contributed by atoms with Crippen LogP contribution in [-0.2, 0) is 11.0 Å². The monoisotopic (exact) mass is 345 g/mol. The molecule has 0 heterocycles. The molecule has 2 aromatic rings. The van der Waals surface area contributed by atoms with Crippen molar-refractivity contribution in [2.24, 2.45) is 0 Å². The molecule has 0 aliphatic heterocycles. The van der Waals surface area contributed by atoms with E-state index in [-0.39, 0.29) is 33.9 Å². The number of hydrogen-bond acceptors (Lipinski definition) is 3. The summed E-state index contributed by atoms with van der Waals surface area (Å²) in [4.78, 5) is 10.9. The smallest absolute Gasteiger partial charge is 0.416 e. The number of anilines is 1. The second-order valence-electron chi connectivity index (χ2n) is 4.61. The largest absolute Gasteiger partial charge is 0.506 e. The minimum Gasteiger partial charge on any atom is -0.506 e. The molecule has 0 unspecified atom stereocenters. The first-order valence-corrected chi connectivity index (χ1v) is 6.70. The van der Waals surface area contributed by atoms with Crippen LogP contribution in [0.5, 0.6) is 17.2 Å². The fourth-order valence-corrected chi connectivity index (χ4v) is 1.98. The van der Waals surface area contributed by atoms with E-state index in [9.17, 15) is 23.1 Å². The number of hydrogen-bond donors (Lipinski definition) is 2. The van der Waals surface area contributed by atoms with Gasteiger partial charge in [0.1, 0.15) is 17.2 Å². The van der Waals surface area contributed by atoms with Gasteiger partial charge in [0.15, 0.2) is 0 Å². The van der Waals surface area contributed by atoms with Crippen LogP contribution in [0.3, 0.4) is 0 Å². The van der Waals surface area contributed by atoms with Gasteiger partial charge in [-0.25, -0.2) is 0 Å². The molecule has 0 saturated heterocycles. The fraction of sp³-hybridized carbons (Fsp3) is 0.133. The van der Waals surface area contributed by atoms with Gasteiger partial charge in [-0.3, -0.25) is 4.79 Å². The van der Waals surface area contributed by atoms with E-state index in [0.717, 1.165) is 18.2 Å². The van der Waals surface area contributed by atoms with E-state index in [4.69, 9.17) is 16.3 Å².